The second kappa shape index (κ2) is 5.50. The van der Waals surface area contributed by atoms with Gasteiger partial charge in [-0.3, -0.25) is 0 Å². The van der Waals surface area contributed by atoms with Crippen molar-refractivity contribution in [3.63, 3.8) is 0 Å². The number of halogens is 2. The topological polar surface area (TPSA) is 59.1 Å². The molecule has 1 fully saturated rings. The molecule has 0 amide bonds. The maximum atomic E-state index is 13.3. The fourth-order valence-electron chi connectivity index (χ4n) is 2.06. The van der Waals surface area contributed by atoms with Crippen LogP contribution in [-0.2, 0) is 10.0 Å². The molecule has 1 aliphatic carbocycles. The molecular formula is C11H14ClFN2O2S. The van der Waals surface area contributed by atoms with E-state index in [1.165, 1.54) is 12.3 Å². The summed E-state index contributed by atoms with van der Waals surface area (Å²) in [5.41, 5.74) is 0. The van der Waals surface area contributed by atoms with Gasteiger partial charge in [-0.15, -0.1) is 11.6 Å². The largest absolute Gasteiger partial charge is 0.261 e. The summed E-state index contributed by atoms with van der Waals surface area (Å²) in [5.74, 6) is -0.624. The van der Waals surface area contributed by atoms with E-state index in [1.807, 2.05) is 0 Å². The number of aromatic nitrogens is 1. The second-order valence-corrected chi connectivity index (χ2v) is 6.72. The van der Waals surface area contributed by atoms with E-state index in [1.54, 1.807) is 0 Å². The molecule has 7 heteroatoms. The highest BCUT2D eigenvalue weighted by atomic mass is 35.5. The lowest BCUT2D eigenvalue weighted by Crippen LogP contribution is -2.30. The van der Waals surface area contributed by atoms with Gasteiger partial charge in [0.1, 0.15) is 0 Å². The monoisotopic (exact) mass is 292 g/mol. The van der Waals surface area contributed by atoms with Crippen LogP contribution in [0, 0.1) is 11.7 Å². The summed E-state index contributed by atoms with van der Waals surface area (Å²) >= 11 is 5.95. The summed E-state index contributed by atoms with van der Waals surface area (Å²) < 4.78 is 39.4. The Balaban J connectivity index is 2.02. The van der Waals surface area contributed by atoms with Crippen molar-refractivity contribution in [2.45, 2.75) is 29.7 Å². The zero-order valence-corrected chi connectivity index (χ0v) is 11.2. The Morgan fingerprint density at radius 2 is 2.28 bits per heavy atom. The van der Waals surface area contributed by atoms with Crippen LogP contribution in [0.3, 0.4) is 0 Å². The van der Waals surface area contributed by atoms with E-state index in [2.05, 4.69) is 9.71 Å². The number of rotatable bonds is 4. The van der Waals surface area contributed by atoms with Crippen molar-refractivity contribution in [2.75, 3.05) is 6.54 Å². The smallest absolute Gasteiger partial charge is 0.241 e. The molecule has 100 valence electrons. The first-order chi connectivity index (χ1) is 8.49. The quantitative estimate of drug-likeness (QED) is 0.863. The van der Waals surface area contributed by atoms with Crippen LogP contribution in [0.4, 0.5) is 4.39 Å². The van der Waals surface area contributed by atoms with Crippen LogP contribution in [0.5, 0.6) is 0 Å². The first-order valence-corrected chi connectivity index (χ1v) is 7.65. The Kier molecular flexibility index (Phi) is 4.19. The molecule has 0 aromatic carbocycles. The van der Waals surface area contributed by atoms with E-state index in [4.69, 9.17) is 11.6 Å². The summed E-state index contributed by atoms with van der Waals surface area (Å²) in [7, 11) is -3.88. The number of pyridine rings is 1. The molecule has 1 aliphatic rings. The van der Waals surface area contributed by atoms with Crippen LogP contribution in [0.15, 0.2) is 23.4 Å². The van der Waals surface area contributed by atoms with Gasteiger partial charge < -0.3 is 0 Å². The van der Waals surface area contributed by atoms with E-state index in [-0.39, 0.29) is 17.8 Å². The molecule has 1 aromatic rings. The lowest BCUT2D eigenvalue weighted by Gasteiger charge is -2.11. The predicted molar refractivity (Wildman–Crippen MR) is 66.4 cm³/mol. The van der Waals surface area contributed by atoms with Gasteiger partial charge in [-0.05, 0) is 37.3 Å². The van der Waals surface area contributed by atoms with Gasteiger partial charge in [0, 0.05) is 18.1 Å². The van der Waals surface area contributed by atoms with Crippen molar-refractivity contribution in [1.82, 2.24) is 9.71 Å². The van der Waals surface area contributed by atoms with Crippen LogP contribution < -0.4 is 4.72 Å². The van der Waals surface area contributed by atoms with E-state index >= 15 is 0 Å². The molecule has 1 aromatic heterocycles. The first-order valence-electron chi connectivity index (χ1n) is 5.73. The van der Waals surface area contributed by atoms with Gasteiger partial charge in [-0.1, -0.05) is 0 Å². The molecule has 2 unspecified atom stereocenters. The van der Waals surface area contributed by atoms with Crippen LogP contribution in [-0.4, -0.2) is 25.3 Å². The average Bonchev–Trinajstić information content (AvgIpc) is 2.73. The Bertz CT molecular complexity index is 524. The highest BCUT2D eigenvalue weighted by molar-refractivity contribution is 7.89. The van der Waals surface area contributed by atoms with Crippen molar-refractivity contribution < 1.29 is 12.8 Å². The lowest BCUT2D eigenvalue weighted by atomic mass is 10.1. The van der Waals surface area contributed by atoms with Crippen molar-refractivity contribution in [1.29, 1.82) is 0 Å². The van der Waals surface area contributed by atoms with Crippen LogP contribution in [0.25, 0.3) is 0 Å². The zero-order chi connectivity index (χ0) is 13.2. The van der Waals surface area contributed by atoms with Crippen LogP contribution in [0.1, 0.15) is 19.3 Å². The van der Waals surface area contributed by atoms with Gasteiger partial charge >= 0.3 is 0 Å². The minimum absolute atomic E-state index is 0.117. The van der Waals surface area contributed by atoms with Crippen LogP contribution in [0.2, 0.25) is 0 Å². The van der Waals surface area contributed by atoms with E-state index < -0.39 is 20.9 Å². The van der Waals surface area contributed by atoms with E-state index in [0.29, 0.717) is 0 Å². The van der Waals surface area contributed by atoms with E-state index in [0.717, 1.165) is 25.3 Å². The molecule has 1 N–H and O–H groups in total. The SMILES string of the molecule is O=S(=O)(NCC1CCC(Cl)C1)c1ncccc1F. The molecule has 4 nitrogen and oxygen atoms in total. The molecular weight excluding hydrogens is 279 g/mol. The third-order valence-corrected chi connectivity index (χ3v) is 4.77. The second-order valence-electron chi connectivity index (χ2n) is 4.42. The molecule has 18 heavy (non-hydrogen) atoms. The number of hydrogen-bond donors (Lipinski definition) is 1. The highest BCUT2D eigenvalue weighted by Crippen LogP contribution is 2.29. The van der Waals surface area contributed by atoms with E-state index in [9.17, 15) is 12.8 Å². The minimum Gasteiger partial charge on any atom is -0.241 e. The summed E-state index contributed by atoms with van der Waals surface area (Å²) in [4.78, 5) is 3.56. The Morgan fingerprint density at radius 3 is 2.89 bits per heavy atom. The predicted octanol–water partition coefficient (Wildman–Crippen LogP) is 1.91. The van der Waals surface area contributed by atoms with Gasteiger partial charge in [0.2, 0.25) is 5.03 Å². The lowest BCUT2D eigenvalue weighted by molar-refractivity contribution is 0.509. The molecule has 1 saturated carbocycles. The van der Waals surface area contributed by atoms with Gasteiger partial charge in [0.25, 0.3) is 10.0 Å². The molecule has 0 saturated heterocycles. The molecule has 0 aliphatic heterocycles. The Labute approximate surface area is 111 Å². The minimum atomic E-state index is -3.88. The molecule has 2 rings (SSSR count). The molecule has 1 heterocycles. The normalized spacial score (nSPS) is 24.3. The fraction of sp³-hybridized carbons (Fsp3) is 0.545. The Hall–Kier alpha value is -0.720. The zero-order valence-electron chi connectivity index (χ0n) is 9.64. The average molecular weight is 293 g/mol. The number of nitrogens with one attached hydrogen (secondary N) is 1. The van der Waals surface area contributed by atoms with Gasteiger partial charge in [-0.2, -0.15) is 0 Å². The summed E-state index contributed by atoms with van der Waals surface area (Å²) in [6.45, 7) is 0.279. The maximum Gasteiger partial charge on any atom is 0.261 e. The maximum absolute atomic E-state index is 13.3. The number of hydrogen-bond acceptors (Lipinski definition) is 3. The van der Waals surface area contributed by atoms with Gasteiger partial charge in [-0.25, -0.2) is 22.5 Å². The highest BCUT2D eigenvalue weighted by Gasteiger charge is 2.26. The van der Waals surface area contributed by atoms with Crippen molar-refractivity contribution in [2.24, 2.45) is 5.92 Å². The summed E-state index contributed by atoms with van der Waals surface area (Å²) in [5, 5.41) is -0.434. The van der Waals surface area contributed by atoms with Crippen molar-refractivity contribution in [3.8, 4) is 0 Å². The van der Waals surface area contributed by atoms with Gasteiger partial charge in [0.15, 0.2) is 5.82 Å². The standard InChI is InChI=1S/C11H14ClFN2O2S/c12-9-4-3-8(6-9)7-15-18(16,17)11-10(13)2-1-5-14-11/h1-2,5,8-9,15H,3-4,6-7H2. The Morgan fingerprint density at radius 1 is 1.50 bits per heavy atom. The first kappa shape index (κ1) is 13.7. The number of alkyl halides is 1. The third kappa shape index (κ3) is 3.18. The molecule has 0 bridgehead atoms. The summed E-state index contributed by atoms with van der Waals surface area (Å²) in [6.07, 6.45) is 3.82. The summed E-state index contributed by atoms with van der Waals surface area (Å²) in [6, 6.07) is 2.43. The van der Waals surface area contributed by atoms with Crippen molar-refractivity contribution >= 4 is 21.6 Å². The van der Waals surface area contributed by atoms with Crippen LogP contribution >= 0.6 is 11.6 Å². The number of nitrogens with zero attached hydrogens (tertiary/aromatic N) is 1. The fourth-order valence-corrected chi connectivity index (χ4v) is 3.56. The number of sulfonamides is 1. The third-order valence-electron chi connectivity index (χ3n) is 3.02. The molecule has 0 radical (unpaired) electrons. The molecule has 0 spiro atoms. The van der Waals surface area contributed by atoms with Gasteiger partial charge in [0.05, 0.1) is 0 Å². The van der Waals surface area contributed by atoms with Crippen molar-refractivity contribution in [3.05, 3.63) is 24.1 Å². The molecule has 2 atom stereocenters.